The molecule has 298 valence electrons. The minimum atomic E-state index is -0.976. The van der Waals surface area contributed by atoms with Gasteiger partial charge in [-0.3, -0.25) is 9.59 Å². The van der Waals surface area contributed by atoms with Gasteiger partial charge in [-0.25, -0.2) is 4.79 Å². The third-order valence-corrected chi connectivity index (χ3v) is 12.7. The van der Waals surface area contributed by atoms with Crippen molar-refractivity contribution in [1.29, 1.82) is 0 Å². The summed E-state index contributed by atoms with van der Waals surface area (Å²) in [7, 11) is 0. The second-order valence-electron chi connectivity index (χ2n) is 17.3. The zero-order valence-corrected chi connectivity index (χ0v) is 35.0. The van der Waals surface area contributed by atoms with Gasteiger partial charge in [0.05, 0.1) is 22.9 Å². The van der Waals surface area contributed by atoms with Gasteiger partial charge in [-0.1, -0.05) is 59.6 Å². The first-order valence-corrected chi connectivity index (χ1v) is 20.3. The molecule has 0 saturated heterocycles. The lowest BCUT2D eigenvalue weighted by molar-refractivity contribution is -0.121. The van der Waals surface area contributed by atoms with Crippen LogP contribution in [0.5, 0.6) is 11.5 Å². The third kappa shape index (κ3) is 6.90. The number of fused-ring (bicyclic) bond motifs is 4. The summed E-state index contributed by atoms with van der Waals surface area (Å²) in [6.07, 6.45) is 3.72. The van der Waals surface area contributed by atoms with Crippen molar-refractivity contribution in [2.45, 2.75) is 95.8 Å². The maximum Gasteiger partial charge on any atom is 0.335 e. The lowest BCUT2D eigenvalue weighted by atomic mass is 9.76. The van der Waals surface area contributed by atoms with E-state index < -0.39 is 16.8 Å². The van der Waals surface area contributed by atoms with Gasteiger partial charge in [-0.05, 0) is 167 Å². The van der Waals surface area contributed by atoms with Gasteiger partial charge in [0.2, 0.25) is 11.8 Å². The fraction of sp³-hybridized carbons (Fsp3) is 0.312. The van der Waals surface area contributed by atoms with Crippen molar-refractivity contribution in [3.8, 4) is 11.5 Å². The number of nitrogens with one attached hydrogen (secondary N) is 1. The molecule has 2 atom stereocenters. The Hall–Kier alpha value is -5.31. The van der Waals surface area contributed by atoms with Gasteiger partial charge in [-0.15, -0.1) is 0 Å². The molecule has 4 heterocycles. The number of aromatic carboxylic acids is 1. The first-order valence-electron chi connectivity index (χ1n) is 19.6. The van der Waals surface area contributed by atoms with E-state index >= 15 is 0 Å². The number of anilines is 2. The molecule has 0 saturated carbocycles. The summed E-state index contributed by atoms with van der Waals surface area (Å²) in [5.74, 6) is 0.760. The Morgan fingerprint density at radius 3 is 1.79 bits per heavy atom. The standard InChI is InChI=1S/C28H26ClNO4.C20H20ClNO2/c1-27(2)13-12-19-14-20(8-11-24(19)34-27)28(3)22-15-21(29)9-10-23(22)30(26(28)33)16-17-4-6-18(7-5-17)25(31)32;1-19(2)9-8-12-10-13(4-7-17(12)24-19)20(3)15-11-14(21)5-6-16(15)22-18(20)23/h4-11,14-15H,12-13,16H2,1-3H3,(H,31,32);4-7,10-11H,8-9H2,1-3H3,(H,22,23)/t28-;20-/m00/s1. The maximum absolute atomic E-state index is 14.0. The number of aryl methyl sites for hydroxylation is 2. The van der Waals surface area contributed by atoms with Gasteiger partial charge < -0.3 is 24.8 Å². The summed E-state index contributed by atoms with van der Waals surface area (Å²) < 4.78 is 12.2. The van der Waals surface area contributed by atoms with Crippen molar-refractivity contribution in [2.75, 3.05) is 10.2 Å². The first-order chi connectivity index (χ1) is 27.4. The Kier molecular flexibility index (Phi) is 9.68. The summed E-state index contributed by atoms with van der Waals surface area (Å²) >= 11 is 12.6. The van der Waals surface area contributed by atoms with Crippen LogP contribution >= 0.6 is 23.2 Å². The summed E-state index contributed by atoms with van der Waals surface area (Å²) in [5, 5.41) is 13.4. The lowest BCUT2D eigenvalue weighted by Gasteiger charge is -2.34. The van der Waals surface area contributed by atoms with Crippen molar-refractivity contribution >= 4 is 52.4 Å². The highest BCUT2D eigenvalue weighted by atomic mass is 35.5. The van der Waals surface area contributed by atoms with Crippen LogP contribution in [0, 0.1) is 0 Å². The number of hydrogen-bond donors (Lipinski definition) is 2. The zero-order valence-electron chi connectivity index (χ0n) is 33.5. The van der Waals surface area contributed by atoms with Crippen LogP contribution in [0.2, 0.25) is 10.0 Å². The normalized spacial score (nSPS) is 21.9. The number of carboxylic acids is 1. The fourth-order valence-corrected chi connectivity index (χ4v) is 8.99. The topological polar surface area (TPSA) is 105 Å². The predicted octanol–water partition coefficient (Wildman–Crippen LogP) is 10.7. The van der Waals surface area contributed by atoms with Crippen LogP contribution in [0.25, 0.3) is 0 Å². The van der Waals surface area contributed by atoms with Crippen LogP contribution < -0.4 is 19.7 Å². The van der Waals surface area contributed by atoms with E-state index in [0.29, 0.717) is 16.6 Å². The summed E-state index contributed by atoms with van der Waals surface area (Å²) in [4.78, 5) is 39.7. The summed E-state index contributed by atoms with van der Waals surface area (Å²) in [6, 6.07) is 29.9. The van der Waals surface area contributed by atoms with Gasteiger partial charge in [0, 0.05) is 21.4 Å². The Morgan fingerprint density at radius 2 is 1.22 bits per heavy atom. The van der Waals surface area contributed by atoms with E-state index in [4.69, 9.17) is 32.7 Å². The Morgan fingerprint density at radius 1 is 0.690 bits per heavy atom. The Balaban J connectivity index is 0.000000172. The van der Waals surface area contributed by atoms with Crippen molar-refractivity contribution < 1.29 is 29.0 Å². The minimum Gasteiger partial charge on any atom is -0.488 e. The molecule has 0 aliphatic carbocycles. The minimum absolute atomic E-state index is 0.0169. The molecule has 4 aliphatic heterocycles. The molecule has 5 aromatic carbocycles. The van der Waals surface area contributed by atoms with E-state index in [1.54, 1.807) is 41.3 Å². The van der Waals surface area contributed by atoms with Gasteiger partial charge in [-0.2, -0.15) is 0 Å². The van der Waals surface area contributed by atoms with Crippen molar-refractivity contribution in [2.24, 2.45) is 0 Å². The first kappa shape index (κ1) is 39.5. The average Bonchev–Trinajstić information content (AvgIpc) is 3.56. The van der Waals surface area contributed by atoms with Gasteiger partial charge in [0.1, 0.15) is 22.7 Å². The van der Waals surface area contributed by atoms with Gasteiger partial charge in [0.15, 0.2) is 0 Å². The number of carbonyl (C=O) groups is 3. The molecule has 0 spiro atoms. The zero-order chi connectivity index (χ0) is 41.4. The molecule has 10 heteroatoms. The molecule has 58 heavy (non-hydrogen) atoms. The average molecular weight is 818 g/mol. The molecule has 9 rings (SSSR count). The number of benzene rings is 5. The van der Waals surface area contributed by atoms with Crippen LogP contribution in [0.15, 0.2) is 97.1 Å². The summed E-state index contributed by atoms with van der Waals surface area (Å²) in [5.41, 5.74) is 6.70. The molecular weight excluding hydrogens is 771 g/mol. The molecule has 2 amide bonds. The number of hydrogen-bond acceptors (Lipinski definition) is 5. The number of rotatable bonds is 5. The van der Waals surface area contributed by atoms with Crippen LogP contribution in [0.1, 0.15) is 104 Å². The lowest BCUT2D eigenvalue weighted by Crippen LogP contribution is -2.39. The molecule has 0 unspecified atom stereocenters. The number of halogens is 2. The highest BCUT2D eigenvalue weighted by Gasteiger charge is 2.49. The van der Waals surface area contributed by atoms with Gasteiger partial charge >= 0.3 is 5.97 Å². The number of amides is 2. The maximum atomic E-state index is 14.0. The van der Waals surface area contributed by atoms with Crippen LogP contribution in [0.4, 0.5) is 11.4 Å². The van der Waals surface area contributed by atoms with Gasteiger partial charge in [0.25, 0.3) is 0 Å². The van der Waals surface area contributed by atoms with E-state index in [2.05, 4.69) is 45.1 Å². The molecule has 0 aromatic heterocycles. The van der Waals surface area contributed by atoms with E-state index in [-0.39, 0.29) is 28.6 Å². The monoisotopic (exact) mass is 816 g/mol. The second kappa shape index (κ2) is 14.2. The molecule has 2 N–H and O–H groups in total. The quantitative estimate of drug-likeness (QED) is 0.183. The number of nitrogens with zero attached hydrogens (tertiary/aromatic N) is 1. The molecular formula is C48H46Cl2N2O6. The van der Waals surface area contributed by atoms with Crippen LogP contribution in [0.3, 0.4) is 0 Å². The predicted molar refractivity (Wildman–Crippen MR) is 228 cm³/mol. The molecule has 8 nitrogen and oxygen atoms in total. The largest absolute Gasteiger partial charge is 0.488 e. The molecule has 5 aromatic rings. The SMILES string of the molecule is CC1(C)CCc2cc([C@]3(C)C(=O)N(Cc4ccc(C(=O)O)cc4)c4ccc(Cl)cc43)ccc2O1.CC1(C)CCc2cc([C@]3(C)C(=O)Nc4ccc(Cl)cc43)ccc2O1. The van der Waals surface area contributed by atoms with Crippen molar-refractivity contribution in [1.82, 2.24) is 0 Å². The molecule has 4 aliphatic rings. The summed E-state index contributed by atoms with van der Waals surface area (Å²) in [6.45, 7) is 12.6. The van der Waals surface area contributed by atoms with E-state index in [1.807, 2.05) is 62.4 Å². The van der Waals surface area contributed by atoms with E-state index in [9.17, 15) is 19.5 Å². The molecule has 0 bridgehead atoms. The third-order valence-electron chi connectivity index (χ3n) is 12.3. The number of carbonyl (C=O) groups excluding carboxylic acids is 2. The highest BCUT2D eigenvalue weighted by molar-refractivity contribution is 6.31. The van der Waals surface area contributed by atoms with E-state index in [0.717, 1.165) is 87.5 Å². The molecule has 0 fully saturated rings. The molecule has 0 radical (unpaired) electrons. The number of ether oxygens (including phenoxy) is 2. The highest BCUT2D eigenvalue weighted by Crippen LogP contribution is 2.49. The van der Waals surface area contributed by atoms with E-state index in [1.165, 1.54) is 0 Å². The Labute approximate surface area is 349 Å². The fourth-order valence-electron chi connectivity index (χ4n) is 8.64. The Bertz CT molecular complexity index is 2510. The van der Waals surface area contributed by atoms with Crippen molar-refractivity contribution in [3.63, 3.8) is 0 Å². The smallest absolute Gasteiger partial charge is 0.335 e. The van der Waals surface area contributed by atoms with Crippen molar-refractivity contribution in [3.05, 3.63) is 152 Å². The van der Waals surface area contributed by atoms with Crippen LogP contribution in [-0.2, 0) is 39.8 Å². The van der Waals surface area contributed by atoms with Crippen LogP contribution in [-0.4, -0.2) is 34.1 Å². The number of carboxylic acid groups (broad SMARTS) is 1. The second-order valence-corrected chi connectivity index (χ2v) is 18.2.